The molecule has 112 valence electrons. The Bertz CT molecular complexity index is 804. The minimum absolute atomic E-state index is 0.122. The molecule has 0 aliphatic rings. The van der Waals surface area contributed by atoms with Gasteiger partial charge in [0.05, 0.1) is 6.61 Å². The summed E-state index contributed by atoms with van der Waals surface area (Å²) in [7, 11) is 1.90. The van der Waals surface area contributed by atoms with Gasteiger partial charge in [0.15, 0.2) is 0 Å². The van der Waals surface area contributed by atoms with Crippen molar-refractivity contribution in [1.29, 1.82) is 0 Å². The van der Waals surface area contributed by atoms with E-state index in [2.05, 4.69) is 5.32 Å². The largest absolute Gasteiger partial charge is 0.494 e. The number of benzene rings is 2. The first-order valence-corrected chi connectivity index (χ1v) is 7.27. The number of anilines is 1. The molecule has 2 aromatic carbocycles. The Labute approximate surface area is 129 Å². The summed E-state index contributed by atoms with van der Waals surface area (Å²) in [5.41, 5.74) is 2.42. The summed E-state index contributed by atoms with van der Waals surface area (Å²) in [6.45, 7) is 2.57. The van der Waals surface area contributed by atoms with E-state index in [1.807, 2.05) is 73.1 Å². The average molecular weight is 294 g/mol. The van der Waals surface area contributed by atoms with Crippen molar-refractivity contribution in [3.05, 3.63) is 60.3 Å². The van der Waals surface area contributed by atoms with Gasteiger partial charge in [-0.3, -0.25) is 4.79 Å². The maximum absolute atomic E-state index is 12.5. The van der Waals surface area contributed by atoms with E-state index in [9.17, 15) is 4.79 Å². The Morgan fingerprint density at radius 2 is 1.86 bits per heavy atom. The lowest BCUT2D eigenvalue weighted by Crippen LogP contribution is -2.15. The molecule has 4 heteroatoms. The van der Waals surface area contributed by atoms with Gasteiger partial charge in [-0.05, 0) is 43.3 Å². The highest BCUT2D eigenvalue weighted by Crippen LogP contribution is 2.20. The van der Waals surface area contributed by atoms with Crippen molar-refractivity contribution >= 4 is 22.5 Å². The number of rotatable bonds is 4. The molecule has 0 bridgehead atoms. The van der Waals surface area contributed by atoms with Crippen LogP contribution in [0.15, 0.2) is 54.6 Å². The highest BCUT2D eigenvalue weighted by Gasteiger charge is 2.13. The number of amides is 1. The predicted molar refractivity (Wildman–Crippen MR) is 88.5 cm³/mol. The molecule has 3 rings (SSSR count). The molecule has 1 aromatic heterocycles. The van der Waals surface area contributed by atoms with Gasteiger partial charge in [-0.1, -0.05) is 18.2 Å². The number of nitrogens with one attached hydrogen (secondary N) is 1. The Balaban J connectivity index is 1.82. The molecule has 1 N–H and O–H groups in total. The molecule has 0 aliphatic heterocycles. The number of para-hydroxylation sites is 1. The number of hydrogen-bond donors (Lipinski definition) is 1. The van der Waals surface area contributed by atoms with Crippen LogP contribution in [0, 0.1) is 0 Å². The number of nitrogens with zero attached hydrogens (tertiary/aromatic N) is 1. The molecule has 0 aliphatic carbocycles. The molecular weight excluding hydrogens is 276 g/mol. The lowest BCUT2D eigenvalue weighted by molar-refractivity contribution is 0.101. The van der Waals surface area contributed by atoms with Gasteiger partial charge >= 0.3 is 0 Å². The van der Waals surface area contributed by atoms with Gasteiger partial charge in [-0.25, -0.2) is 0 Å². The van der Waals surface area contributed by atoms with E-state index in [1.54, 1.807) is 0 Å². The highest BCUT2D eigenvalue weighted by molar-refractivity contribution is 6.06. The molecule has 0 fully saturated rings. The summed E-state index contributed by atoms with van der Waals surface area (Å²) >= 11 is 0. The van der Waals surface area contributed by atoms with Crippen molar-refractivity contribution in [2.75, 3.05) is 11.9 Å². The summed E-state index contributed by atoms with van der Waals surface area (Å²) in [6, 6.07) is 17.2. The predicted octanol–water partition coefficient (Wildman–Crippen LogP) is 3.83. The van der Waals surface area contributed by atoms with Gasteiger partial charge < -0.3 is 14.6 Å². The summed E-state index contributed by atoms with van der Waals surface area (Å²) in [5.74, 6) is 0.674. The molecule has 1 amide bonds. The van der Waals surface area contributed by atoms with E-state index in [-0.39, 0.29) is 5.91 Å². The Kier molecular flexibility index (Phi) is 3.83. The van der Waals surface area contributed by atoms with Gasteiger partial charge in [-0.15, -0.1) is 0 Å². The SMILES string of the molecule is CCOc1ccc(NC(=O)c2cc3ccccc3n2C)cc1. The summed E-state index contributed by atoms with van der Waals surface area (Å²) in [5, 5.41) is 3.97. The third kappa shape index (κ3) is 2.68. The first-order valence-electron chi connectivity index (χ1n) is 7.27. The van der Waals surface area contributed by atoms with Crippen LogP contribution in [0.2, 0.25) is 0 Å². The Morgan fingerprint density at radius 1 is 1.14 bits per heavy atom. The van der Waals surface area contributed by atoms with Crippen molar-refractivity contribution < 1.29 is 9.53 Å². The molecule has 3 aromatic rings. The third-order valence-corrected chi connectivity index (χ3v) is 3.61. The fourth-order valence-corrected chi connectivity index (χ4v) is 2.50. The zero-order valence-electron chi connectivity index (χ0n) is 12.7. The van der Waals surface area contributed by atoms with Crippen molar-refractivity contribution in [1.82, 2.24) is 4.57 Å². The molecule has 4 nitrogen and oxygen atoms in total. The number of fused-ring (bicyclic) bond motifs is 1. The molecule has 0 unspecified atom stereocenters. The van der Waals surface area contributed by atoms with Gasteiger partial charge in [0.1, 0.15) is 11.4 Å². The van der Waals surface area contributed by atoms with Gasteiger partial charge in [0.25, 0.3) is 5.91 Å². The zero-order chi connectivity index (χ0) is 15.5. The van der Waals surface area contributed by atoms with E-state index in [0.29, 0.717) is 12.3 Å². The number of aromatic nitrogens is 1. The second-order valence-corrected chi connectivity index (χ2v) is 5.06. The third-order valence-electron chi connectivity index (χ3n) is 3.61. The number of carbonyl (C=O) groups is 1. The van der Waals surface area contributed by atoms with Crippen molar-refractivity contribution in [3.8, 4) is 5.75 Å². The minimum Gasteiger partial charge on any atom is -0.494 e. The first-order chi connectivity index (χ1) is 10.7. The van der Waals surface area contributed by atoms with Crippen LogP contribution >= 0.6 is 0 Å². The first kappa shape index (κ1) is 14.2. The van der Waals surface area contributed by atoms with Gasteiger partial charge in [0, 0.05) is 23.6 Å². The van der Waals surface area contributed by atoms with Crippen LogP contribution < -0.4 is 10.1 Å². The van der Waals surface area contributed by atoms with Crippen molar-refractivity contribution in [3.63, 3.8) is 0 Å². The molecular formula is C18H18N2O2. The van der Waals surface area contributed by atoms with Crippen LogP contribution in [0.3, 0.4) is 0 Å². The molecule has 0 saturated carbocycles. The van der Waals surface area contributed by atoms with Crippen LogP contribution in [0.5, 0.6) is 5.75 Å². The number of ether oxygens (including phenoxy) is 1. The monoisotopic (exact) mass is 294 g/mol. The smallest absolute Gasteiger partial charge is 0.272 e. The standard InChI is InChI=1S/C18H18N2O2/c1-3-22-15-10-8-14(9-11-15)19-18(21)17-12-13-6-4-5-7-16(13)20(17)2/h4-12H,3H2,1-2H3,(H,19,21). The van der Waals surface area contributed by atoms with Crippen LogP contribution in [0.1, 0.15) is 17.4 Å². The van der Waals surface area contributed by atoms with E-state index in [0.717, 1.165) is 22.3 Å². The van der Waals surface area contributed by atoms with Gasteiger partial charge in [0.2, 0.25) is 0 Å². The van der Waals surface area contributed by atoms with E-state index >= 15 is 0 Å². The summed E-state index contributed by atoms with van der Waals surface area (Å²) < 4.78 is 7.29. The molecule has 22 heavy (non-hydrogen) atoms. The fraction of sp³-hybridized carbons (Fsp3) is 0.167. The fourth-order valence-electron chi connectivity index (χ4n) is 2.50. The van der Waals surface area contributed by atoms with Crippen LogP contribution in [-0.2, 0) is 7.05 Å². The average Bonchev–Trinajstić information content (AvgIpc) is 2.87. The molecule has 0 radical (unpaired) electrons. The van der Waals surface area contributed by atoms with E-state index < -0.39 is 0 Å². The Morgan fingerprint density at radius 3 is 2.55 bits per heavy atom. The number of hydrogen-bond acceptors (Lipinski definition) is 2. The lowest BCUT2D eigenvalue weighted by Gasteiger charge is -2.08. The summed E-state index contributed by atoms with van der Waals surface area (Å²) in [6.07, 6.45) is 0. The number of aryl methyl sites for hydroxylation is 1. The quantitative estimate of drug-likeness (QED) is 0.794. The zero-order valence-corrected chi connectivity index (χ0v) is 12.7. The normalized spacial score (nSPS) is 10.6. The highest BCUT2D eigenvalue weighted by atomic mass is 16.5. The van der Waals surface area contributed by atoms with E-state index in [4.69, 9.17) is 4.74 Å². The minimum atomic E-state index is -0.122. The molecule has 0 saturated heterocycles. The van der Waals surface area contributed by atoms with Crippen molar-refractivity contribution in [2.45, 2.75) is 6.92 Å². The second-order valence-electron chi connectivity index (χ2n) is 5.06. The van der Waals surface area contributed by atoms with Crippen molar-refractivity contribution in [2.24, 2.45) is 7.05 Å². The maximum Gasteiger partial charge on any atom is 0.272 e. The maximum atomic E-state index is 12.5. The summed E-state index contributed by atoms with van der Waals surface area (Å²) in [4.78, 5) is 12.5. The molecule has 1 heterocycles. The van der Waals surface area contributed by atoms with Crippen LogP contribution in [-0.4, -0.2) is 17.1 Å². The van der Waals surface area contributed by atoms with Gasteiger partial charge in [-0.2, -0.15) is 0 Å². The number of carbonyl (C=O) groups excluding carboxylic acids is 1. The lowest BCUT2D eigenvalue weighted by atomic mass is 10.2. The van der Waals surface area contributed by atoms with Crippen LogP contribution in [0.4, 0.5) is 5.69 Å². The van der Waals surface area contributed by atoms with E-state index in [1.165, 1.54) is 0 Å². The Hall–Kier alpha value is -2.75. The molecule has 0 spiro atoms. The molecule has 0 atom stereocenters. The van der Waals surface area contributed by atoms with Crippen LogP contribution in [0.25, 0.3) is 10.9 Å². The topological polar surface area (TPSA) is 43.3 Å². The second kappa shape index (κ2) is 5.93.